The quantitative estimate of drug-likeness (QED) is 0.484. The monoisotopic (exact) mass is 461 g/mol. The minimum atomic E-state index is -3.27. The third-order valence-corrected chi connectivity index (χ3v) is 7.18. The van der Waals surface area contributed by atoms with Crippen molar-refractivity contribution in [1.29, 1.82) is 0 Å². The first-order valence-electron chi connectivity index (χ1n) is 10.6. The van der Waals surface area contributed by atoms with Gasteiger partial charge in [-0.3, -0.25) is 4.79 Å². The van der Waals surface area contributed by atoms with E-state index < -0.39 is 9.84 Å². The Morgan fingerprint density at radius 2 is 1.85 bits per heavy atom. The van der Waals surface area contributed by atoms with Gasteiger partial charge in [-0.2, -0.15) is 5.10 Å². The number of anilines is 1. The maximum atomic E-state index is 12.9. The molecule has 0 aliphatic carbocycles. The Labute approximate surface area is 191 Å². The second-order valence-electron chi connectivity index (χ2n) is 8.32. The smallest absolute Gasteiger partial charge is 0.263 e. The van der Waals surface area contributed by atoms with Crippen LogP contribution in [0.5, 0.6) is 5.75 Å². The maximum absolute atomic E-state index is 12.9. The normalized spacial score (nSPS) is 14.2. The van der Waals surface area contributed by atoms with E-state index in [0.29, 0.717) is 22.8 Å². The van der Waals surface area contributed by atoms with Crippen LogP contribution in [-0.2, 0) is 26.1 Å². The molecule has 33 heavy (non-hydrogen) atoms. The molecule has 0 radical (unpaired) electrons. The Bertz CT molecular complexity index is 1500. The Kier molecular flexibility index (Phi) is 5.17. The third-order valence-electron chi connectivity index (χ3n) is 5.73. The lowest BCUT2D eigenvalue weighted by Crippen LogP contribution is -2.23. The van der Waals surface area contributed by atoms with E-state index >= 15 is 0 Å². The molecule has 1 N–H and O–H groups in total. The molecule has 1 aliphatic heterocycles. The number of hydrogen-bond donors (Lipinski definition) is 1. The van der Waals surface area contributed by atoms with Crippen LogP contribution in [0, 0.1) is 13.8 Å². The number of sulfone groups is 1. The van der Waals surface area contributed by atoms with Gasteiger partial charge in [-0.1, -0.05) is 54.1 Å². The van der Waals surface area contributed by atoms with Gasteiger partial charge in [-0.05, 0) is 36.9 Å². The average Bonchev–Trinajstić information content (AvgIpc) is 3.24. The Balaban J connectivity index is 1.44. The summed E-state index contributed by atoms with van der Waals surface area (Å²) in [6.45, 7) is 3.74. The molecule has 0 fully saturated rings. The second kappa shape index (κ2) is 8.04. The number of benzene rings is 3. The fourth-order valence-electron chi connectivity index (χ4n) is 4.22. The number of rotatable bonds is 5. The zero-order valence-electron chi connectivity index (χ0n) is 18.3. The van der Waals surface area contributed by atoms with Crippen molar-refractivity contribution in [2.75, 3.05) is 11.9 Å². The van der Waals surface area contributed by atoms with Crippen molar-refractivity contribution < 1.29 is 17.9 Å². The molecule has 1 aromatic heterocycles. The molecule has 5 rings (SSSR count). The SMILES string of the molecule is Cc1ccc(-n2nc3c(c2NC(=O)COc2cccc4ccccc24)CS(=O)(=O)C3)c(C)c1. The van der Waals surface area contributed by atoms with Crippen molar-refractivity contribution in [3.8, 4) is 11.4 Å². The first-order chi connectivity index (χ1) is 15.8. The second-order valence-corrected chi connectivity index (χ2v) is 10.4. The van der Waals surface area contributed by atoms with Gasteiger partial charge in [-0.15, -0.1) is 0 Å². The first-order valence-corrected chi connectivity index (χ1v) is 12.4. The lowest BCUT2D eigenvalue weighted by molar-refractivity contribution is -0.118. The topological polar surface area (TPSA) is 90.3 Å². The third kappa shape index (κ3) is 4.09. The molecule has 1 amide bonds. The van der Waals surface area contributed by atoms with Crippen LogP contribution in [0.25, 0.3) is 16.5 Å². The summed E-state index contributed by atoms with van der Waals surface area (Å²) in [5.74, 6) is 0.326. The minimum absolute atomic E-state index is 0.129. The molecule has 2 heterocycles. The van der Waals surface area contributed by atoms with Crippen LogP contribution in [0.15, 0.2) is 60.7 Å². The van der Waals surface area contributed by atoms with Gasteiger partial charge in [0.1, 0.15) is 11.6 Å². The van der Waals surface area contributed by atoms with Crippen molar-refractivity contribution in [2.24, 2.45) is 0 Å². The van der Waals surface area contributed by atoms with Crippen LogP contribution < -0.4 is 10.1 Å². The van der Waals surface area contributed by atoms with Crippen molar-refractivity contribution in [3.05, 3.63) is 83.0 Å². The Morgan fingerprint density at radius 1 is 1.06 bits per heavy atom. The summed E-state index contributed by atoms with van der Waals surface area (Å²) >= 11 is 0. The van der Waals surface area contributed by atoms with E-state index in [2.05, 4.69) is 10.4 Å². The summed E-state index contributed by atoms with van der Waals surface area (Å²) in [4.78, 5) is 12.9. The lowest BCUT2D eigenvalue weighted by atomic mass is 10.1. The van der Waals surface area contributed by atoms with Gasteiger partial charge in [-0.25, -0.2) is 13.1 Å². The molecule has 3 aromatic carbocycles. The number of carbonyl (C=O) groups is 1. The number of nitrogens with zero attached hydrogens (tertiary/aromatic N) is 2. The molecule has 0 saturated heterocycles. The largest absolute Gasteiger partial charge is 0.483 e. The van der Waals surface area contributed by atoms with E-state index in [1.807, 2.05) is 74.5 Å². The molecule has 1 aliphatic rings. The van der Waals surface area contributed by atoms with E-state index in [9.17, 15) is 13.2 Å². The number of nitrogens with one attached hydrogen (secondary N) is 1. The molecular weight excluding hydrogens is 438 g/mol. The molecular formula is C25H23N3O4S. The Morgan fingerprint density at radius 3 is 2.67 bits per heavy atom. The molecule has 4 aromatic rings. The molecule has 7 nitrogen and oxygen atoms in total. The zero-order chi connectivity index (χ0) is 23.2. The van der Waals surface area contributed by atoms with Crippen LogP contribution in [0.1, 0.15) is 22.4 Å². The van der Waals surface area contributed by atoms with Gasteiger partial charge in [0.05, 0.1) is 22.9 Å². The summed E-state index contributed by atoms with van der Waals surface area (Å²) in [5.41, 5.74) is 3.88. The van der Waals surface area contributed by atoms with E-state index in [1.165, 1.54) is 0 Å². The number of ether oxygens (including phenoxy) is 1. The van der Waals surface area contributed by atoms with E-state index in [4.69, 9.17) is 4.74 Å². The molecule has 0 saturated carbocycles. The highest BCUT2D eigenvalue weighted by Crippen LogP contribution is 2.34. The minimum Gasteiger partial charge on any atom is -0.483 e. The maximum Gasteiger partial charge on any atom is 0.263 e. The van der Waals surface area contributed by atoms with Gasteiger partial charge in [0.25, 0.3) is 5.91 Å². The van der Waals surface area contributed by atoms with Gasteiger partial charge in [0.15, 0.2) is 16.4 Å². The van der Waals surface area contributed by atoms with Gasteiger partial charge < -0.3 is 10.1 Å². The average molecular weight is 462 g/mol. The van der Waals surface area contributed by atoms with Gasteiger partial charge in [0.2, 0.25) is 0 Å². The van der Waals surface area contributed by atoms with Crippen molar-refractivity contribution >= 4 is 32.3 Å². The number of aryl methyl sites for hydroxylation is 2. The van der Waals surface area contributed by atoms with Crippen molar-refractivity contribution in [1.82, 2.24) is 9.78 Å². The molecule has 0 unspecified atom stereocenters. The lowest BCUT2D eigenvalue weighted by Gasteiger charge is -2.14. The summed E-state index contributed by atoms with van der Waals surface area (Å²) in [6.07, 6.45) is 0. The predicted molar refractivity (Wildman–Crippen MR) is 127 cm³/mol. The highest BCUT2D eigenvalue weighted by atomic mass is 32.2. The fourth-order valence-corrected chi connectivity index (χ4v) is 5.72. The van der Waals surface area contributed by atoms with E-state index in [0.717, 1.165) is 27.6 Å². The number of aromatic nitrogens is 2. The van der Waals surface area contributed by atoms with E-state index in [1.54, 1.807) is 4.68 Å². The number of amides is 1. The number of carbonyl (C=O) groups excluding carboxylic acids is 1. The van der Waals surface area contributed by atoms with Gasteiger partial charge >= 0.3 is 0 Å². The summed E-state index contributed by atoms with van der Waals surface area (Å²) in [6, 6.07) is 19.4. The van der Waals surface area contributed by atoms with Crippen LogP contribution in [0.4, 0.5) is 5.82 Å². The predicted octanol–water partition coefficient (Wildman–Crippen LogP) is 4.09. The standard InChI is InChI=1S/C25H23N3O4S/c1-16-10-11-22(17(2)12-16)28-25(20-14-33(30,31)15-21(20)27-28)26-24(29)13-32-23-9-5-7-18-6-3-4-8-19(18)23/h3-12H,13-15H2,1-2H3,(H,26,29). The molecule has 8 heteroatoms. The number of fused-ring (bicyclic) bond motifs is 2. The van der Waals surface area contributed by atoms with E-state index in [-0.39, 0.29) is 24.0 Å². The molecule has 0 spiro atoms. The fraction of sp³-hybridized carbons (Fsp3) is 0.200. The molecule has 168 valence electrons. The highest BCUT2D eigenvalue weighted by molar-refractivity contribution is 7.90. The van der Waals surface area contributed by atoms with Crippen molar-refractivity contribution in [2.45, 2.75) is 25.4 Å². The Hall–Kier alpha value is -3.65. The van der Waals surface area contributed by atoms with Gasteiger partial charge in [0, 0.05) is 10.9 Å². The molecule has 0 atom stereocenters. The van der Waals surface area contributed by atoms with Crippen LogP contribution in [0.3, 0.4) is 0 Å². The van der Waals surface area contributed by atoms with Crippen LogP contribution in [-0.4, -0.2) is 30.7 Å². The molecule has 0 bridgehead atoms. The van der Waals surface area contributed by atoms with Crippen LogP contribution in [0.2, 0.25) is 0 Å². The summed E-state index contributed by atoms with van der Waals surface area (Å²) < 4.78 is 31.8. The zero-order valence-corrected chi connectivity index (χ0v) is 19.1. The summed E-state index contributed by atoms with van der Waals surface area (Å²) in [5, 5.41) is 9.34. The highest BCUT2D eigenvalue weighted by Gasteiger charge is 2.33. The summed E-state index contributed by atoms with van der Waals surface area (Å²) in [7, 11) is -3.27. The first kappa shape index (κ1) is 21.2. The van der Waals surface area contributed by atoms with Crippen LogP contribution >= 0.6 is 0 Å². The van der Waals surface area contributed by atoms with Crippen molar-refractivity contribution in [3.63, 3.8) is 0 Å². The number of hydrogen-bond acceptors (Lipinski definition) is 5.